The van der Waals surface area contributed by atoms with Crippen LogP contribution in [-0.2, 0) is 19.6 Å². The molecule has 0 atom stereocenters. The first-order valence-electron chi connectivity index (χ1n) is 11.6. The fourth-order valence-corrected chi connectivity index (χ4v) is 5.60. The zero-order valence-electron chi connectivity index (χ0n) is 19.8. The summed E-state index contributed by atoms with van der Waals surface area (Å²) < 4.78 is 39.0. The van der Waals surface area contributed by atoms with Gasteiger partial charge in [0.2, 0.25) is 5.91 Å². The fraction of sp³-hybridized carbons (Fsp3) is 0.480. The Morgan fingerprint density at radius 3 is 2.47 bits per heavy atom. The molecule has 0 unspecified atom stereocenters. The first-order valence-corrected chi connectivity index (χ1v) is 13.4. The molecule has 2 aromatic carbocycles. The van der Waals surface area contributed by atoms with Crippen LogP contribution in [0, 0.1) is 6.92 Å². The molecule has 0 radical (unpaired) electrons. The van der Waals surface area contributed by atoms with Crippen molar-refractivity contribution in [1.29, 1.82) is 0 Å². The van der Waals surface area contributed by atoms with Crippen molar-refractivity contribution >= 4 is 33.2 Å². The van der Waals surface area contributed by atoms with E-state index in [2.05, 4.69) is 5.32 Å². The van der Waals surface area contributed by atoms with Gasteiger partial charge in [-0.3, -0.25) is 9.10 Å². The largest absolute Gasteiger partial charge is 0.495 e. The van der Waals surface area contributed by atoms with Crippen molar-refractivity contribution in [2.45, 2.75) is 56.4 Å². The van der Waals surface area contributed by atoms with Crippen molar-refractivity contribution in [2.75, 3.05) is 31.1 Å². The first kappa shape index (κ1) is 26.3. The van der Waals surface area contributed by atoms with Crippen molar-refractivity contribution in [3.05, 3.63) is 53.1 Å². The number of halogens is 1. The second-order valence-electron chi connectivity index (χ2n) is 8.48. The maximum absolute atomic E-state index is 13.4. The lowest BCUT2D eigenvalue weighted by molar-refractivity contribution is -0.119. The van der Waals surface area contributed by atoms with Crippen LogP contribution < -0.4 is 14.4 Å². The summed E-state index contributed by atoms with van der Waals surface area (Å²) in [5, 5.41) is 3.06. The van der Waals surface area contributed by atoms with Crippen molar-refractivity contribution < 1.29 is 22.7 Å². The molecule has 1 aliphatic carbocycles. The first-order chi connectivity index (χ1) is 16.3. The van der Waals surface area contributed by atoms with Crippen molar-refractivity contribution in [3.63, 3.8) is 0 Å². The van der Waals surface area contributed by atoms with Crippen molar-refractivity contribution in [1.82, 2.24) is 5.32 Å². The molecule has 1 fully saturated rings. The van der Waals surface area contributed by atoms with Crippen LogP contribution in [0.3, 0.4) is 0 Å². The Kier molecular flexibility index (Phi) is 9.62. The molecular formula is C25H33ClN2O5S. The smallest absolute Gasteiger partial charge is 0.264 e. The Hall–Kier alpha value is -2.29. The standard InChI is InChI=1S/C25H33ClN2O5S/c1-19-9-12-22(13-10-19)34(30,31)28(20-11-14-24(32-2)23(26)17-20)18-25(29)27-15-6-16-33-21-7-4-3-5-8-21/h9-14,17,21H,3-8,15-16,18H2,1-2H3,(H,27,29). The lowest BCUT2D eigenvalue weighted by Crippen LogP contribution is -2.41. The molecule has 2 aromatic rings. The second kappa shape index (κ2) is 12.4. The van der Waals surface area contributed by atoms with Crippen LogP contribution in [0.4, 0.5) is 5.69 Å². The fourth-order valence-electron chi connectivity index (χ4n) is 3.93. The maximum Gasteiger partial charge on any atom is 0.264 e. The normalized spacial score (nSPS) is 14.6. The Balaban J connectivity index is 1.67. The molecule has 0 spiro atoms. The number of sulfonamides is 1. The van der Waals surface area contributed by atoms with Gasteiger partial charge < -0.3 is 14.8 Å². The Labute approximate surface area is 207 Å². The van der Waals surface area contributed by atoms with E-state index in [1.165, 1.54) is 44.6 Å². The van der Waals surface area contributed by atoms with E-state index in [1.54, 1.807) is 24.3 Å². The number of amides is 1. The number of carbonyl (C=O) groups is 1. The van der Waals surface area contributed by atoms with Crippen LogP contribution in [0.25, 0.3) is 0 Å². The lowest BCUT2D eigenvalue weighted by Gasteiger charge is -2.25. The predicted molar refractivity (Wildman–Crippen MR) is 134 cm³/mol. The molecular weight excluding hydrogens is 476 g/mol. The summed E-state index contributed by atoms with van der Waals surface area (Å²) in [5.41, 5.74) is 1.22. The number of aryl methyl sites for hydroxylation is 1. The molecule has 186 valence electrons. The van der Waals surface area contributed by atoms with Gasteiger partial charge in [-0.25, -0.2) is 8.42 Å². The number of carbonyl (C=O) groups excluding carboxylic acids is 1. The molecule has 0 saturated heterocycles. The molecule has 0 bridgehead atoms. The van der Waals surface area contributed by atoms with Crippen LogP contribution in [0.15, 0.2) is 47.4 Å². The molecule has 9 heteroatoms. The van der Waals surface area contributed by atoms with Crippen molar-refractivity contribution in [2.24, 2.45) is 0 Å². The van der Waals surface area contributed by atoms with E-state index < -0.39 is 15.9 Å². The van der Waals surface area contributed by atoms with Gasteiger partial charge in [-0.15, -0.1) is 0 Å². The zero-order chi connectivity index (χ0) is 24.6. The summed E-state index contributed by atoms with van der Waals surface area (Å²) in [7, 11) is -2.52. The van der Waals surface area contributed by atoms with Gasteiger partial charge >= 0.3 is 0 Å². The number of nitrogens with one attached hydrogen (secondary N) is 1. The average Bonchev–Trinajstić information content (AvgIpc) is 2.83. The van der Waals surface area contributed by atoms with E-state index >= 15 is 0 Å². The number of hydrogen-bond donors (Lipinski definition) is 1. The van der Waals surface area contributed by atoms with Gasteiger partial charge in [-0.2, -0.15) is 0 Å². The minimum Gasteiger partial charge on any atom is -0.495 e. The summed E-state index contributed by atoms with van der Waals surface area (Å²) in [6, 6.07) is 11.1. The van der Waals surface area contributed by atoms with E-state index in [1.807, 2.05) is 6.92 Å². The van der Waals surface area contributed by atoms with Gasteiger partial charge in [-0.1, -0.05) is 48.6 Å². The minimum absolute atomic E-state index is 0.0960. The Morgan fingerprint density at radius 2 is 1.82 bits per heavy atom. The molecule has 3 rings (SSSR count). The highest BCUT2D eigenvalue weighted by Gasteiger charge is 2.27. The SMILES string of the molecule is COc1ccc(N(CC(=O)NCCCOC2CCCCC2)S(=O)(=O)c2ccc(C)cc2)cc1Cl. The van der Waals surface area contributed by atoms with E-state index in [9.17, 15) is 13.2 Å². The quantitative estimate of drug-likeness (QED) is 0.444. The summed E-state index contributed by atoms with van der Waals surface area (Å²) >= 11 is 6.25. The van der Waals surface area contributed by atoms with Crippen LogP contribution in [0.1, 0.15) is 44.1 Å². The number of rotatable bonds is 11. The van der Waals surface area contributed by atoms with Crippen LogP contribution in [0.2, 0.25) is 5.02 Å². The summed E-state index contributed by atoms with van der Waals surface area (Å²) in [5.74, 6) is 0.0146. The third-order valence-corrected chi connectivity index (χ3v) is 7.95. The monoisotopic (exact) mass is 508 g/mol. The lowest BCUT2D eigenvalue weighted by atomic mass is 9.98. The molecule has 34 heavy (non-hydrogen) atoms. The third kappa shape index (κ3) is 7.10. The number of nitrogens with zero attached hydrogens (tertiary/aromatic N) is 1. The minimum atomic E-state index is -4.00. The van der Waals surface area contributed by atoms with Crippen LogP contribution >= 0.6 is 11.6 Å². The Morgan fingerprint density at radius 1 is 1.12 bits per heavy atom. The van der Waals surface area contributed by atoms with Crippen LogP contribution in [-0.4, -0.2) is 47.2 Å². The van der Waals surface area contributed by atoms with Gasteiger partial charge in [0.25, 0.3) is 10.0 Å². The number of anilines is 1. The molecule has 1 aliphatic rings. The average molecular weight is 509 g/mol. The van der Waals surface area contributed by atoms with Gasteiger partial charge in [0.1, 0.15) is 12.3 Å². The maximum atomic E-state index is 13.4. The third-order valence-electron chi connectivity index (χ3n) is 5.87. The Bertz CT molecular complexity index is 1050. The van der Waals surface area contributed by atoms with Gasteiger partial charge in [-0.05, 0) is 56.5 Å². The molecule has 0 aliphatic heterocycles. The topological polar surface area (TPSA) is 84.9 Å². The molecule has 1 saturated carbocycles. The number of hydrogen-bond acceptors (Lipinski definition) is 5. The molecule has 1 N–H and O–H groups in total. The summed E-state index contributed by atoms with van der Waals surface area (Å²) in [4.78, 5) is 12.8. The zero-order valence-corrected chi connectivity index (χ0v) is 21.3. The van der Waals surface area contributed by atoms with Crippen LogP contribution in [0.5, 0.6) is 5.75 Å². The predicted octanol–water partition coefficient (Wildman–Crippen LogP) is 4.71. The second-order valence-corrected chi connectivity index (χ2v) is 10.7. The van der Waals surface area contributed by atoms with E-state index in [-0.39, 0.29) is 22.2 Å². The highest BCUT2D eigenvalue weighted by atomic mass is 35.5. The van der Waals surface area contributed by atoms with E-state index in [4.69, 9.17) is 21.1 Å². The number of ether oxygens (including phenoxy) is 2. The molecule has 1 amide bonds. The van der Waals surface area contributed by atoms with E-state index in [0.29, 0.717) is 31.4 Å². The highest BCUT2D eigenvalue weighted by molar-refractivity contribution is 7.92. The van der Waals surface area contributed by atoms with Gasteiger partial charge in [0, 0.05) is 13.2 Å². The number of benzene rings is 2. The van der Waals surface area contributed by atoms with Gasteiger partial charge in [0.15, 0.2) is 0 Å². The van der Waals surface area contributed by atoms with Gasteiger partial charge in [0.05, 0.1) is 28.8 Å². The number of methoxy groups -OCH3 is 1. The van der Waals surface area contributed by atoms with E-state index in [0.717, 1.165) is 22.7 Å². The molecule has 0 heterocycles. The highest BCUT2D eigenvalue weighted by Crippen LogP contribution is 2.32. The van der Waals surface area contributed by atoms with Crippen molar-refractivity contribution in [3.8, 4) is 5.75 Å². The summed E-state index contributed by atoms with van der Waals surface area (Å²) in [6.07, 6.45) is 6.88. The molecule has 7 nitrogen and oxygen atoms in total. The summed E-state index contributed by atoms with van der Waals surface area (Å²) in [6.45, 7) is 2.49. The molecule has 0 aromatic heterocycles.